The van der Waals surface area contributed by atoms with Gasteiger partial charge in [0.05, 0.1) is 17.6 Å². The highest BCUT2D eigenvalue weighted by molar-refractivity contribution is 9.10. The van der Waals surface area contributed by atoms with Gasteiger partial charge in [0.1, 0.15) is 5.82 Å². The number of amides is 1. The number of anilines is 1. The number of nitrogens with zero attached hydrogens (tertiary/aromatic N) is 1. The fourth-order valence-electron chi connectivity index (χ4n) is 2.09. The quantitative estimate of drug-likeness (QED) is 0.749. The molecule has 0 radical (unpaired) electrons. The summed E-state index contributed by atoms with van der Waals surface area (Å²) in [7, 11) is 0. The lowest BCUT2D eigenvalue weighted by Crippen LogP contribution is -2.23. The minimum Gasteiger partial charge on any atom is -0.384 e. The van der Waals surface area contributed by atoms with Crippen molar-refractivity contribution in [2.75, 3.05) is 5.73 Å². The number of nitrogen functional groups attached to an aromatic ring is 1. The summed E-state index contributed by atoms with van der Waals surface area (Å²) in [6, 6.07) is 11.1. The van der Waals surface area contributed by atoms with E-state index in [2.05, 4.69) is 26.2 Å². The molecule has 6 heteroatoms. The third-order valence-electron chi connectivity index (χ3n) is 3.08. The second-order valence-electron chi connectivity index (χ2n) is 4.49. The molecule has 21 heavy (non-hydrogen) atoms. The Morgan fingerprint density at radius 3 is 2.90 bits per heavy atom. The van der Waals surface area contributed by atoms with E-state index < -0.39 is 0 Å². The first-order valence-electron chi connectivity index (χ1n) is 6.30. The topological polar surface area (TPSA) is 68.0 Å². The zero-order valence-corrected chi connectivity index (χ0v) is 13.4. The molecule has 0 unspecified atom stereocenters. The van der Waals surface area contributed by atoms with Gasteiger partial charge in [0.15, 0.2) is 0 Å². The summed E-state index contributed by atoms with van der Waals surface area (Å²) in [4.78, 5) is 17.7. The fraction of sp³-hybridized carbons (Fsp3) is 0.0667. The number of hydrogen-bond acceptors (Lipinski definition) is 4. The van der Waals surface area contributed by atoms with Crippen molar-refractivity contribution < 1.29 is 4.79 Å². The van der Waals surface area contributed by atoms with E-state index >= 15 is 0 Å². The number of carbonyl (C=O) groups is 1. The van der Waals surface area contributed by atoms with Gasteiger partial charge in [-0.3, -0.25) is 4.79 Å². The van der Waals surface area contributed by atoms with E-state index in [1.165, 1.54) is 0 Å². The van der Waals surface area contributed by atoms with Crippen molar-refractivity contribution in [3.63, 3.8) is 0 Å². The maximum atomic E-state index is 12.4. The maximum Gasteiger partial charge on any atom is 0.252 e. The van der Waals surface area contributed by atoms with Gasteiger partial charge < -0.3 is 11.1 Å². The number of nitrogens with one attached hydrogen (secondary N) is 1. The standard InChI is InChI=1S/C15H12BrN3OS/c16-11-5-6-21-13(11)8-18-15(20)10-7-14(17)19-12-4-2-1-3-9(10)12/h1-7H,8H2,(H2,17,19)(H,18,20). The normalized spacial score (nSPS) is 10.7. The monoisotopic (exact) mass is 361 g/mol. The predicted octanol–water partition coefficient (Wildman–Crippen LogP) is 3.57. The third kappa shape index (κ3) is 2.91. The Bertz CT molecular complexity index is 816. The summed E-state index contributed by atoms with van der Waals surface area (Å²) in [5.41, 5.74) is 7.05. The van der Waals surface area contributed by atoms with Crippen molar-refractivity contribution in [3.8, 4) is 0 Å². The Labute approximate surface area is 134 Å². The first-order chi connectivity index (χ1) is 10.1. The zero-order chi connectivity index (χ0) is 14.8. The van der Waals surface area contributed by atoms with E-state index in [1.54, 1.807) is 17.4 Å². The van der Waals surface area contributed by atoms with Crippen molar-refractivity contribution in [3.05, 3.63) is 56.7 Å². The van der Waals surface area contributed by atoms with Gasteiger partial charge in [0.25, 0.3) is 5.91 Å². The largest absolute Gasteiger partial charge is 0.384 e. The number of aromatic nitrogens is 1. The highest BCUT2D eigenvalue weighted by atomic mass is 79.9. The molecular formula is C15H12BrN3OS. The highest BCUT2D eigenvalue weighted by Crippen LogP contribution is 2.23. The smallest absolute Gasteiger partial charge is 0.252 e. The molecule has 0 aliphatic heterocycles. The lowest BCUT2D eigenvalue weighted by Gasteiger charge is -2.08. The van der Waals surface area contributed by atoms with Gasteiger partial charge in [0.2, 0.25) is 0 Å². The number of rotatable bonds is 3. The van der Waals surface area contributed by atoms with Gasteiger partial charge in [-0.25, -0.2) is 4.98 Å². The van der Waals surface area contributed by atoms with Crippen LogP contribution in [0.15, 0.2) is 46.3 Å². The molecule has 1 aromatic carbocycles. The molecule has 2 aromatic heterocycles. The van der Waals surface area contributed by atoms with E-state index in [1.807, 2.05) is 35.7 Å². The minimum atomic E-state index is -0.152. The Kier molecular flexibility index (Phi) is 3.90. The van der Waals surface area contributed by atoms with Crippen LogP contribution in [0.5, 0.6) is 0 Å². The van der Waals surface area contributed by atoms with E-state index in [0.717, 1.165) is 20.3 Å². The number of thiophene rings is 1. The fourth-order valence-corrected chi connectivity index (χ4v) is 3.52. The van der Waals surface area contributed by atoms with Crippen LogP contribution >= 0.6 is 27.3 Å². The van der Waals surface area contributed by atoms with Crippen molar-refractivity contribution in [1.29, 1.82) is 0 Å². The number of nitrogens with two attached hydrogens (primary N) is 1. The molecule has 0 fully saturated rings. The summed E-state index contributed by atoms with van der Waals surface area (Å²) in [6.07, 6.45) is 0. The number of para-hydroxylation sites is 1. The minimum absolute atomic E-state index is 0.152. The molecule has 2 heterocycles. The van der Waals surface area contributed by atoms with Gasteiger partial charge >= 0.3 is 0 Å². The van der Waals surface area contributed by atoms with Crippen LogP contribution in [0.2, 0.25) is 0 Å². The van der Waals surface area contributed by atoms with E-state index in [4.69, 9.17) is 5.73 Å². The van der Waals surface area contributed by atoms with Crippen molar-refractivity contribution in [1.82, 2.24) is 10.3 Å². The van der Waals surface area contributed by atoms with Crippen LogP contribution in [0.3, 0.4) is 0 Å². The van der Waals surface area contributed by atoms with Gasteiger partial charge in [-0.2, -0.15) is 0 Å². The summed E-state index contributed by atoms with van der Waals surface area (Å²) in [5, 5.41) is 5.70. The zero-order valence-electron chi connectivity index (χ0n) is 11.0. The Balaban J connectivity index is 1.89. The molecule has 0 spiro atoms. The predicted molar refractivity (Wildman–Crippen MR) is 89.3 cm³/mol. The molecule has 3 N–H and O–H groups in total. The Morgan fingerprint density at radius 2 is 2.14 bits per heavy atom. The average Bonchev–Trinajstić information content (AvgIpc) is 2.89. The average molecular weight is 362 g/mol. The number of fused-ring (bicyclic) bond motifs is 1. The van der Waals surface area contributed by atoms with Gasteiger partial charge in [-0.05, 0) is 39.5 Å². The molecule has 106 valence electrons. The number of carbonyl (C=O) groups excluding carboxylic acids is 1. The maximum absolute atomic E-state index is 12.4. The first-order valence-corrected chi connectivity index (χ1v) is 7.98. The summed E-state index contributed by atoms with van der Waals surface area (Å²) < 4.78 is 1.01. The van der Waals surface area contributed by atoms with Gasteiger partial charge in [-0.15, -0.1) is 11.3 Å². The van der Waals surface area contributed by atoms with Crippen LogP contribution in [0, 0.1) is 0 Å². The molecule has 0 saturated carbocycles. The molecule has 3 aromatic rings. The van der Waals surface area contributed by atoms with Gasteiger partial charge in [-0.1, -0.05) is 18.2 Å². The van der Waals surface area contributed by atoms with Crippen LogP contribution in [0.4, 0.5) is 5.82 Å². The SMILES string of the molecule is Nc1cc(C(=O)NCc2sccc2Br)c2ccccc2n1. The van der Waals surface area contributed by atoms with E-state index in [0.29, 0.717) is 17.9 Å². The summed E-state index contributed by atoms with van der Waals surface area (Å²) in [6.45, 7) is 0.480. The van der Waals surface area contributed by atoms with Crippen LogP contribution in [-0.2, 0) is 6.54 Å². The van der Waals surface area contributed by atoms with Crippen LogP contribution in [0.1, 0.15) is 15.2 Å². The van der Waals surface area contributed by atoms with Crippen molar-refractivity contribution >= 4 is 49.9 Å². The molecule has 0 aliphatic carbocycles. The number of halogens is 1. The van der Waals surface area contributed by atoms with Crippen LogP contribution < -0.4 is 11.1 Å². The molecule has 0 aliphatic rings. The number of pyridine rings is 1. The Hall–Kier alpha value is -1.92. The molecule has 0 atom stereocenters. The molecule has 3 rings (SSSR count). The molecular weight excluding hydrogens is 350 g/mol. The summed E-state index contributed by atoms with van der Waals surface area (Å²) in [5.74, 6) is 0.191. The highest BCUT2D eigenvalue weighted by Gasteiger charge is 2.12. The summed E-state index contributed by atoms with van der Waals surface area (Å²) >= 11 is 5.05. The van der Waals surface area contributed by atoms with Crippen LogP contribution in [0.25, 0.3) is 10.9 Å². The lowest BCUT2D eigenvalue weighted by molar-refractivity contribution is 0.0953. The molecule has 4 nitrogen and oxygen atoms in total. The number of hydrogen-bond donors (Lipinski definition) is 2. The van der Waals surface area contributed by atoms with E-state index in [-0.39, 0.29) is 5.91 Å². The van der Waals surface area contributed by atoms with Crippen molar-refractivity contribution in [2.45, 2.75) is 6.54 Å². The lowest BCUT2D eigenvalue weighted by atomic mass is 10.1. The molecule has 1 amide bonds. The number of benzene rings is 1. The van der Waals surface area contributed by atoms with E-state index in [9.17, 15) is 4.79 Å². The van der Waals surface area contributed by atoms with Crippen LogP contribution in [-0.4, -0.2) is 10.9 Å². The molecule has 0 saturated heterocycles. The third-order valence-corrected chi connectivity index (χ3v) is 5.01. The van der Waals surface area contributed by atoms with Crippen molar-refractivity contribution in [2.24, 2.45) is 0 Å². The Morgan fingerprint density at radius 1 is 1.33 bits per heavy atom. The second kappa shape index (κ2) is 5.83. The first kappa shape index (κ1) is 14.0. The second-order valence-corrected chi connectivity index (χ2v) is 6.34. The van der Waals surface area contributed by atoms with Gasteiger partial charge in [0, 0.05) is 14.7 Å². The molecule has 0 bridgehead atoms.